The normalized spacial score (nSPS) is 11.8. The number of nitrogens with zero attached hydrogens (tertiary/aromatic N) is 1. The summed E-state index contributed by atoms with van der Waals surface area (Å²) < 4.78 is 10.4. The summed E-state index contributed by atoms with van der Waals surface area (Å²) in [6, 6.07) is 12.1. The van der Waals surface area contributed by atoms with E-state index in [1.165, 1.54) is 4.88 Å². The Labute approximate surface area is 147 Å². The Bertz CT molecular complexity index is 600. The summed E-state index contributed by atoms with van der Waals surface area (Å²) in [6.07, 6.45) is 0. The van der Waals surface area contributed by atoms with E-state index in [1.54, 1.807) is 25.6 Å². The molecule has 0 aliphatic heterocycles. The molecule has 0 spiro atoms. The van der Waals surface area contributed by atoms with E-state index in [1.807, 2.05) is 24.3 Å². The lowest BCUT2D eigenvalue weighted by Crippen LogP contribution is -2.38. The second-order valence-electron chi connectivity index (χ2n) is 5.04. The van der Waals surface area contributed by atoms with Crippen molar-refractivity contribution in [1.29, 1.82) is 0 Å². The van der Waals surface area contributed by atoms with Gasteiger partial charge in [-0.1, -0.05) is 6.07 Å². The first-order chi connectivity index (χ1) is 11.2. The number of rotatable bonds is 7. The lowest BCUT2D eigenvalue weighted by molar-refractivity contribution is 0.166. The highest BCUT2D eigenvalue weighted by Gasteiger charge is 2.19. The minimum absolute atomic E-state index is 0.198. The number of hydrogen-bond acceptors (Lipinski definition) is 4. The van der Waals surface area contributed by atoms with Crippen LogP contribution in [0.2, 0.25) is 0 Å². The SMILES string of the molecule is COCCN(C(=S)Nc1ccc(OC)cc1)[C@@H](C)c1cccs1. The third kappa shape index (κ3) is 4.92. The number of thiophene rings is 1. The molecule has 0 radical (unpaired) electrons. The van der Waals surface area contributed by atoms with Crippen molar-refractivity contribution in [3.05, 3.63) is 46.7 Å². The maximum Gasteiger partial charge on any atom is 0.174 e. The number of nitrogens with one attached hydrogen (secondary N) is 1. The standard InChI is InChI=1S/C17H22N2O2S2/c1-13(16-5-4-12-23-16)19(10-11-20-2)17(22)18-14-6-8-15(21-3)9-7-14/h4-9,12-13H,10-11H2,1-3H3,(H,18,22)/t13-/m0/s1. The first-order valence-electron chi connectivity index (χ1n) is 7.39. The summed E-state index contributed by atoms with van der Waals surface area (Å²) in [6.45, 7) is 3.52. The topological polar surface area (TPSA) is 33.7 Å². The van der Waals surface area contributed by atoms with Crippen LogP contribution in [0.1, 0.15) is 17.8 Å². The average Bonchev–Trinajstić information content (AvgIpc) is 3.10. The number of thiocarbonyl (C=S) groups is 1. The Hall–Kier alpha value is -1.63. The van der Waals surface area contributed by atoms with Crippen LogP contribution in [0.3, 0.4) is 0 Å². The van der Waals surface area contributed by atoms with Crippen LogP contribution in [0.15, 0.2) is 41.8 Å². The molecule has 1 N–H and O–H groups in total. The lowest BCUT2D eigenvalue weighted by Gasteiger charge is -2.31. The Balaban J connectivity index is 2.08. The molecule has 0 bridgehead atoms. The van der Waals surface area contributed by atoms with Gasteiger partial charge in [0, 0.05) is 24.2 Å². The number of anilines is 1. The van der Waals surface area contributed by atoms with E-state index in [4.69, 9.17) is 21.7 Å². The van der Waals surface area contributed by atoms with Crippen molar-refractivity contribution in [1.82, 2.24) is 4.90 Å². The summed E-state index contributed by atoms with van der Waals surface area (Å²) in [5, 5.41) is 6.07. The number of ether oxygens (including phenoxy) is 2. The molecule has 6 heteroatoms. The highest BCUT2D eigenvalue weighted by Crippen LogP contribution is 2.25. The molecule has 0 aliphatic rings. The molecule has 0 amide bonds. The van der Waals surface area contributed by atoms with E-state index < -0.39 is 0 Å². The van der Waals surface area contributed by atoms with E-state index in [9.17, 15) is 0 Å². The van der Waals surface area contributed by atoms with Crippen LogP contribution in [-0.4, -0.2) is 37.4 Å². The Morgan fingerprint density at radius 3 is 2.57 bits per heavy atom. The molecule has 1 aromatic carbocycles. The van der Waals surface area contributed by atoms with Gasteiger partial charge in [-0.2, -0.15) is 0 Å². The molecule has 2 rings (SSSR count). The van der Waals surface area contributed by atoms with Crippen LogP contribution in [-0.2, 0) is 4.74 Å². The van der Waals surface area contributed by atoms with E-state index >= 15 is 0 Å². The molecule has 0 unspecified atom stereocenters. The van der Waals surface area contributed by atoms with Gasteiger partial charge in [-0.3, -0.25) is 0 Å². The molecule has 23 heavy (non-hydrogen) atoms. The summed E-state index contributed by atoms with van der Waals surface area (Å²) >= 11 is 7.35. The highest BCUT2D eigenvalue weighted by molar-refractivity contribution is 7.80. The first-order valence-corrected chi connectivity index (χ1v) is 8.68. The van der Waals surface area contributed by atoms with Crippen LogP contribution in [0.5, 0.6) is 5.75 Å². The molecule has 1 heterocycles. The largest absolute Gasteiger partial charge is 0.497 e. The predicted molar refractivity (Wildman–Crippen MR) is 101 cm³/mol. The minimum Gasteiger partial charge on any atom is -0.497 e. The first kappa shape index (κ1) is 17.7. The molecule has 0 saturated carbocycles. The van der Waals surface area contributed by atoms with Gasteiger partial charge in [-0.05, 0) is 54.9 Å². The third-order valence-corrected chi connectivity index (χ3v) is 4.94. The van der Waals surface area contributed by atoms with Crippen molar-refractivity contribution in [3.8, 4) is 5.75 Å². The zero-order chi connectivity index (χ0) is 16.7. The van der Waals surface area contributed by atoms with Crippen molar-refractivity contribution in [2.75, 3.05) is 32.7 Å². The summed E-state index contributed by atoms with van der Waals surface area (Å²) in [5.74, 6) is 0.824. The fourth-order valence-corrected chi connectivity index (χ4v) is 3.38. The molecular formula is C17H22N2O2S2. The van der Waals surface area contributed by atoms with E-state index in [0.29, 0.717) is 11.7 Å². The van der Waals surface area contributed by atoms with Crippen molar-refractivity contribution < 1.29 is 9.47 Å². The maximum atomic E-state index is 5.61. The van der Waals surface area contributed by atoms with E-state index in [-0.39, 0.29) is 6.04 Å². The maximum absolute atomic E-state index is 5.61. The monoisotopic (exact) mass is 350 g/mol. The fourth-order valence-electron chi connectivity index (χ4n) is 2.21. The molecule has 1 atom stereocenters. The van der Waals surface area contributed by atoms with E-state index in [2.05, 4.69) is 34.7 Å². The number of benzene rings is 1. The van der Waals surface area contributed by atoms with Crippen LogP contribution in [0, 0.1) is 0 Å². The van der Waals surface area contributed by atoms with Crippen molar-refractivity contribution in [2.24, 2.45) is 0 Å². The molecule has 1 aromatic heterocycles. The third-order valence-electron chi connectivity index (χ3n) is 3.56. The van der Waals surface area contributed by atoms with Gasteiger partial charge in [0.05, 0.1) is 19.8 Å². The zero-order valence-electron chi connectivity index (χ0n) is 13.6. The van der Waals surface area contributed by atoms with Crippen LogP contribution in [0.4, 0.5) is 5.69 Å². The van der Waals surface area contributed by atoms with Crippen molar-refractivity contribution in [2.45, 2.75) is 13.0 Å². The lowest BCUT2D eigenvalue weighted by atomic mass is 10.2. The molecule has 0 aliphatic carbocycles. The van der Waals surface area contributed by atoms with Gasteiger partial charge in [-0.15, -0.1) is 11.3 Å². The van der Waals surface area contributed by atoms with Crippen LogP contribution < -0.4 is 10.1 Å². The van der Waals surface area contributed by atoms with Gasteiger partial charge >= 0.3 is 0 Å². The van der Waals surface area contributed by atoms with Gasteiger partial charge in [0.15, 0.2) is 5.11 Å². The summed E-state index contributed by atoms with van der Waals surface area (Å²) in [7, 11) is 3.36. The van der Waals surface area contributed by atoms with Gasteiger partial charge in [-0.25, -0.2) is 0 Å². The van der Waals surface area contributed by atoms with E-state index in [0.717, 1.165) is 18.0 Å². The Morgan fingerprint density at radius 2 is 2.00 bits per heavy atom. The van der Waals surface area contributed by atoms with Gasteiger partial charge in [0.1, 0.15) is 5.75 Å². The smallest absolute Gasteiger partial charge is 0.174 e. The van der Waals surface area contributed by atoms with Gasteiger partial charge in [0.25, 0.3) is 0 Å². The second kappa shape index (κ2) is 8.86. The summed E-state index contributed by atoms with van der Waals surface area (Å²) in [4.78, 5) is 3.43. The minimum atomic E-state index is 0.198. The zero-order valence-corrected chi connectivity index (χ0v) is 15.2. The van der Waals surface area contributed by atoms with Gasteiger partial charge < -0.3 is 19.7 Å². The molecule has 2 aromatic rings. The average molecular weight is 351 g/mol. The van der Waals surface area contributed by atoms with Crippen LogP contribution in [0.25, 0.3) is 0 Å². The second-order valence-corrected chi connectivity index (χ2v) is 6.40. The fraction of sp³-hybridized carbons (Fsp3) is 0.353. The molecule has 124 valence electrons. The molecular weight excluding hydrogens is 328 g/mol. The van der Waals surface area contributed by atoms with Crippen molar-refractivity contribution in [3.63, 3.8) is 0 Å². The Morgan fingerprint density at radius 1 is 1.26 bits per heavy atom. The summed E-state index contributed by atoms with van der Waals surface area (Å²) in [5.41, 5.74) is 0.941. The molecule has 0 saturated heterocycles. The predicted octanol–water partition coefficient (Wildman–Crippen LogP) is 4.16. The van der Waals surface area contributed by atoms with Crippen molar-refractivity contribution >= 4 is 34.4 Å². The number of methoxy groups -OCH3 is 2. The molecule has 4 nitrogen and oxygen atoms in total. The van der Waals surface area contributed by atoms with Gasteiger partial charge in [0.2, 0.25) is 0 Å². The molecule has 0 fully saturated rings. The van der Waals surface area contributed by atoms with Crippen LogP contribution >= 0.6 is 23.6 Å². The Kier molecular flexibility index (Phi) is 6.83. The number of hydrogen-bond donors (Lipinski definition) is 1. The quantitative estimate of drug-likeness (QED) is 0.758. The highest BCUT2D eigenvalue weighted by atomic mass is 32.1.